The van der Waals surface area contributed by atoms with E-state index in [2.05, 4.69) is 21.7 Å². The fourth-order valence-electron chi connectivity index (χ4n) is 4.44. The van der Waals surface area contributed by atoms with E-state index in [-0.39, 0.29) is 5.91 Å². The molecule has 2 aromatic rings. The number of hydrogen-bond acceptors (Lipinski definition) is 5. The number of carbonyl (C=O) groups excluding carboxylic acids is 1. The SMILES string of the molecule is COc1cccc(Nc2cc(C3CCCC3)c(C(=O)NCC3CCOCC3)cn2)c1. The van der Waals surface area contributed by atoms with Gasteiger partial charge in [-0.1, -0.05) is 18.9 Å². The van der Waals surface area contributed by atoms with Gasteiger partial charge in [-0.15, -0.1) is 0 Å². The van der Waals surface area contributed by atoms with Crippen molar-refractivity contribution in [3.8, 4) is 5.75 Å². The molecule has 0 bridgehead atoms. The molecule has 2 aliphatic rings. The minimum Gasteiger partial charge on any atom is -0.497 e. The highest BCUT2D eigenvalue weighted by atomic mass is 16.5. The quantitative estimate of drug-likeness (QED) is 0.697. The second-order valence-corrected chi connectivity index (χ2v) is 8.26. The molecule has 1 aliphatic heterocycles. The zero-order chi connectivity index (χ0) is 20.8. The number of hydrogen-bond donors (Lipinski definition) is 2. The Balaban J connectivity index is 1.51. The van der Waals surface area contributed by atoms with E-state index < -0.39 is 0 Å². The van der Waals surface area contributed by atoms with Gasteiger partial charge in [0, 0.05) is 37.7 Å². The first-order valence-electron chi connectivity index (χ1n) is 11.0. The summed E-state index contributed by atoms with van der Waals surface area (Å²) in [5.41, 5.74) is 2.73. The smallest absolute Gasteiger partial charge is 0.253 e. The summed E-state index contributed by atoms with van der Waals surface area (Å²) in [6.45, 7) is 2.29. The molecule has 1 aliphatic carbocycles. The van der Waals surface area contributed by atoms with Gasteiger partial charge >= 0.3 is 0 Å². The van der Waals surface area contributed by atoms with Gasteiger partial charge in [0.1, 0.15) is 11.6 Å². The van der Waals surface area contributed by atoms with Crippen LogP contribution in [0.5, 0.6) is 5.75 Å². The summed E-state index contributed by atoms with van der Waals surface area (Å²) in [6, 6.07) is 9.82. The molecular formula is C24H31N3O3. The number of amides is 1. The third-order valence-electron chi connectivity index (χ3n) is 6.21. The summed E-state index contributed by atoms with van der Waals surface area (Å²) in [5.74, 6) is 2.46. The second-order valence-electron chi connectivity index (χ2n) is 8.26. The van der Waals surface area contributed by atoms with Crippen LogP contribution in [-0.4, -0.2) is 37.8 Å². The molecule has 6 nitrogen and oxygen atoms in total. The van der Waals surface area contributed by atoms with Gasteiger partial charge in [-0.25, -0.2) is 4.98 Å². The number of anilines is 2. The van der Waals surface area contributed by atoms with Crippen LogP contribution in [0.2, 0.25) is 0 Å². The Hall–Kier alpha value is -2.60. The number of rotatable bonds is 7. The number of benzene rings is 1. The molecule has 1 aromatic carbocycles. The number of nitrogens with zero attached hydrogens (tertiary/aromatic N) is 1. The summed E-state index contributed by atoms with van der Waals surface area (Å²) < 4.78 is 10.7. The Bertz CT molecular complexity index is 859. The van der Waals surface area contributed by atoms with Gasteiger partial charge in [0.2, 0.25) is 0 Å². The number of carbonyl (C=O) groups is 1. The molecule has 160 valence electrons. The average Bonchev–Trinajstić information content (AvgIpc) is 3.33. The fourth-order valence-corrected chi connectivity index (χ4v) is 4.44. The van der Waals surface area contributed by atoms with Crippen molar-refractivity contribution in [2.75, 3.05) is 32.2 Å². The van der Waals surface area contributed by atoms with Crippen molar-refractivity contribution in [1.29, 1.82) is 0 Å². The van der Waals surface area contributed by atoms with Crippen LogP contribution in [0.25, 0.3) is 0 Å². The van der Waals surface area contributed by atoms with Gasteiger partial charge in [0.25, 0.3) is 5.91 Å². The van der Waals surface area contributed by atoms with Crippen LogP contribution < -0.4 is 15.4 Å². The van der Waals surface area contributed by atoms with Crippen LogP contribution in [0.4, 0.5) is 11.5 Å². The number of methoxy groups -OCH3 is 1. The molecule has 2 heterocycles. The molecule has 1 saturated heterocycles. The summed E-state index contributed by atoms with van der Waals surface area (Å²) >= 11 is 0. The normalized spacial score (nSPS) is 17.6. The number of ether oxygens (including phenoxy) is 2. The van der Waals surface area contributed by atoms with E-state index in [4.69, 9.17) is 9.47 Å². The van der Waals surface area contributed by atoms with Gasteiger partial charge in [-0.05, 0) is 61.3 Å². The van der Waals surface area contributed by atoms with Gasteiger partial charge in [-0.2, -0.15) is 0 Å². The monoisotopic (exact) mass is 409 g/mol. The van der Waals surface area contributed by atoms with Crippen molar-refractivity contribution in [1.82, 2.24) is 10.3 Å². The second kappa shape index (κ2) is 9.94. The lowest BCUT2D eigenvalue weighted by Gasteiger charge is -2.23. The molecule has 30 heavy (non-hydrogen) atoms. The predicted molar refractivity (Wildman–Crippen MR) is 118 cm³/mol. The Labute approximate surface area is 178 Å². The highest BCUT2D eigenvalue weighted by Crippen LogP contribution is 2.37. The number of aromatic nitrogens is 1. The Morgan fingerprint density at radius 1 is 1.17 bits per heavy atom. The van der Waals surface area contributed by atoms with Crippen LogP contribution in [0.3, 0.4) is 0 Å². The first-order valence-corrected chi connectivity index (χ1v) is 11.0. The van der Waals surface area contributed by atoms with Crippen molar-refractivity contribution >= 4 is 17.4 Å². The first-order chi connectivity index (χ1) is 14.7. The Morgan fingerprint density at radius 3 is 2.73 bits per heavy atom. The Morgan fingerprint density at radius 2 is 1.97 bits per heavy atom. The summed E-state index contributed by atoms with van der Waals surface area (Å²) in [4.78, 5) is 17.5. The van der Waals surface area contributed by atoms with Crippen LogP contribution >= 0.6 is 0 Å². The molecule has 1 saturated carbocycles. The zero-order valence-corrected chi connectivity index (χ0v) is 17.7. The van der Waals surface area contributed by atoms with Crippen LogP contribution in [0.1, 0.15) is 60.4 Å². The molecule has 6 heteroatoms. The minimum atomic E-state index is -0.0103. The van der Waals surface area contributed by atoms with Crippen LogP contribution in [0, 0.1) is 5.92 Å². The van der Waals surface area contributed by atoms with Gasteiger partial charge in [0.05, 0.1) is 12.7 Å². The van der Waals surface area contributed by atoms with E-state index in [1.54, 1.807) is 13.3 Å². The van der Waals surface area contributed by atoms with E-state index in [1.807, 2.05) is 24.3 Å². The standard InChI is InChI=1S/C24H31N3O3/c1-29-20-8-4-7-19(13-20)27-23-14-21(18-5-2-3-6-18)22(16-25-23)24(28)26-15-17-9-11-30-12-10-17/h4,7-8,13-14,16-18H,2-3,5-6,9-12,15H2,1H3,(H,25,27)(H,26,28). The van der Waals surface area contributed by atoms with Crippen molar-refractivity contribution in [3.63, 3.8) is 0 Å². The number of nitrogens with one attached hydrogen (secondary N) is 2. The lowest BCUT2D eigenvalue weighted by molar-refractivity contribution is 0.0642. The molecule has 0 unspecified atom stereocenters. The molecule has 4 rings (SSSR count). The minimum absolute atomic E-state index is 0.0103. The van der Waals surface area contributed by atoms with E-state index in [0.717, 1.165) is 61.7 Å². The molecule has 1 aromatic heterocycles. The molecular weight excluding hydrogens is 378 g/mol. The Kier molecular flexibility index (Phi) is 6.84. The molecule has 2 N–H and O–H groups in total. The van der Waals surface area contributed by atoms with Crippen molar-refractivity contribution < 1.29 is 14.3 Å². The van der Waals surface area contributed by atoms with E-state index >= 15 is 0 Å². The van der Waals surface area contributed by atoms with Crippen LogP contribution in [0.15, 0.2) is 36.5 Å². The third-order valence-corrected chi connectivity index (χ3v) is 6.21. The van der Waals surface area contributed by atoms with Gasteiger partial charge < -0.3 is 20.1 Å². The lowest BCUT2D eigenvalue weighted by Crippen LogP contribution is -2.33. The fraction of sp³-hybridized carbons (Fsp3) is 0.500. The summed E-state index contributed by atoms with van der Waals surface area (Å²) in [6.07, 6.45) is 8.44. The van der Waals surface area contributed by atoms with E-state index in [0.29, 0.717) is 23.9 Å². The maximum Gasteiger partial charge on any atom is 0.253 e. The molecule has 1 amide bonds. The van der Waals surface area contributed by atoms with Gasteiger partial charge in [-0.3, -0.25) is 4.79 Å². The van der Waals surface area contributed by atoms with E-state index in [9.17, 15) is 4.79 Å². The maximum atomic E-state index is 13.0. The van der Waals surface area contributed by atoms with E-state index in [1.165, 1.54) is 12.8 Å². The zero-order valence-electron chi connectivity index (χ0n) is 17.7. The summed E-state index contributed by atoms with van der Waals surface area (Å²) in [5, 5.41) is 6.50. The average molecular weight is 410 g/mol. The topological polar surface area (TPSA) is 72.5 Å². The largest absolute Gasteiger partial charge is 0.497 e. The molecule has 2 fully saturated rings. The third kappa shape index (κ3) is 5.11. The predicted octanol–water partition coefficient (Wildman–Crippen LogP) is 4.65. The summed E-state index contributed by atoms with van der Waals surface area (Å²) in [7, 11) is 1.66. The highest BCUT2D eigenvalue weighted by Gasteiger charge is 2.24. The van der Waals surface area contributed by atoms with Crippen molar-refractivity contribution in [2.45, 2.75) is 44.4 Å². The molecule has 0 atom stereocenters. The lowest BCUT2D eigenvalue weighted by atomic mass is 9.93. The molecule has 0 radical (unpaired) electrons. The number of pyridine rings is 1. The molecule has 0 spiro atoms. The highest BCUT2D eigenvalue weighted by molar-refractivity contribution is 5.96. The van der Waals surface area contributed by atoms with Gasteiger partial charge in [0.15, 0.2) is 0 Å². The van der Waals surface area contributed by atoms with Crippen molar-refractivity contribution in [3.05, 3.63) is 47.7 Å². The maximum absolute atomic E-state index is 13.0. The van der Waals surface area contributed by atoms with Crippen LogP contribution in [-0.2, 0) is 4.74 Å². The first kappa shape index (κ1) is 20.7. The van der Waals surface area contributed by atoms with Crippen molar-refractivity contribution in [2.24, 2.45) is 5.92 Å².